The molecule has 5 nitrogen and oxygen atoms in total. The Bertz CT molecular complexity index is 753. The molecule has 0 heterocycles. The number of hydrogen-bond donors (Lipinski definition) is 4. The Balaban J connectivity index is 1.55. The molecule has 0 unspecified atom stereocenters. The molecule has 0 bridgehead atoms. The van der Waals surface area contributed by atoms with Gasteiger partial charge in [0.1, 0.15) is 5.78 Å². The maximum absolute atomic E-state index is 13.4. The summed E-state index contributed by atoms with van der Waals surface area (Å²) in [5.74, 6) is 2.12. The minimum Gasteiger partial charge on any atom is -0.390 e. The number of fused-ring (bicyclic) bond motifs is 5. The zero-order valence-corrected chi connectivity index (χ0v) is 22.3. The molecular weight excluding hydrogens is 428 g/mol. The maximum Gasteiger partial charge on any atom is 0.136 e. The van der Waals surface area contributed by atoms with Crippen molar-refractivity contribution in [2.75, 3.05) is 0 Å². The first-order valence-corrected chi connectivity index (χ1v) is 14.1. The van der Waals surface area contributed by atoms with Crippen LogP contribution in [-0.2, 0) is 4.79 Å². The van der Waals surface area contributed by atoms with Gasteiger partial charge in [-0.05, 0) is 90.8 Å². The Labute approximate surface area is 206 Å². The fourth-order valence-corrected chi connectivity index (χ4v) is 9.89. The molecule has 4 rings (SSSR count). The van der Waals surface area contributed by atoms with Crippen molar-refractivity contribution in [2.45, 2.75) is 117 Å². The molecule has 13 atom stereocenters. The van der Waals surface area contributed by atoms with Crippen molar-refractivity contribution in [2.24, 2.45) is 58.2 Å². The lowest BCUT2D eigenvalue weighted by molar-refractivity contribution is -0.175. The van der Waals surface area contributed by atoms with Crippen LogP contribution < -0.4 is 0 Å². The number of rotatable bonds is 6. The van der Waals surface area contributed by atoms with E-state index in [0.29, 0.717) is 48.9 Å². The zero-order valence-electron chi connectivity index (χ0n) is 22.3. The molecule has 5 heteroatoms. The second-order valence-electron chi connectivity index (χ2n) is 13.6. The van der Waals surface area contributed by atoms with Crippen LogP contribution in [0.25, 0.3) is 0 Å². The van der Waals surface area contributed by atoms with Gasteiger partial charge in [0.15, 0.2) is 0 Å². The van der Waals surface area contributed by atoms with E-state index in [2.05, 4.69) is 41.5 Å². The molecule has 0 aromatic carbocycles. The Hall–Kier alpha value is -0.490. The largest absolute Gasteiger partial charge is 0.390 e. The standard InChI is InChI=1S/C29H50O5/c1-7-17(15(2)3)27(34)26(33)16(4)19-8-9-20-18-12-23(30)22-13-24(31)25(32)14-29(22,6)21(18)10-11-28(19,20)5/h15-22,24-27,31-34H,7-14H2,1-6H3/t16-,17-,18-,19+,20-,21-,22+,24+,25-,26-,27-,28+,29+/m0/s1. The molecule has 34 heavy (non-hydrogen) atoms. The molecule has 0 radical (unpaired) electrons. The van der Waals surface area contributed by atoms with Gasteiger partial charge in [-0.15, -0.1) is 0 Å². The topological polar surface area (TPSA) is 98.0 Å². The van der Waals surface area contributed by atoms with E-state index in [-0.39, 0.29) is 34.4 Å². The van der Waals surface area contributed by atoms with E-state index >= 15 is 0 Å². The zero-order chi connectivity index (χ0) is 25.2. The summed E-state index contributed by atoms with van der Waals surface area (Å²) in [6.07, 6.45) is 3.69. The Kier molecular flexibility index (Phi) is 7.37. The van der Waals surface area contributed by atoms with Crippen molar-refractivity contribution in [3.8, 4) is 0 Å². The first kappa shape index (κ1) is 26.6. The van der Waals surface area contributed by atoms with Gasteiger partial charge in [0.05, 0.1) is 24.4 Å². The molecule has 4 N–H and O–H groups in total. The van der Waals surface area contributed by atoms with Gasteiger partial charge in [-0.1, -0.05) is 48.0 Å². The molecule has 0 spiro atoms. The van der Waals surface area contributed by atoms with Crippen LogP contribution in [0.4, 0.5) is 0 Å². The molecule has 0 saturated heterocycles. The van der Waals surface area contributed by atoms with Gasteiger partial charge < -0.3 is 20.4 Å². The molecule has 4 aliphatic carbocycles. The summed E-state index contributed by atoms with van der Waals surface area (Å²) >= 11 is 0. The van der Waals surface area contributed by atoms with E-state index in [0.717, 1.165) is 32.1 Å². The average Bonchev–Trinajstić information content (AvgIpc) is 3.12. The second kappa shape index (κ2) is 9.43. The third-order valence-electron chi connectivity index (χ3n) is 11.8. The predicted molar refractivity (Wildman–Crippen MR) is 133 cm³/mol. The number of ketones is 1. The summed E-state index contributed by atoms with van der Waals surface area (Å²) in [5, 5.41) is 43.1. The summed E-state index contributed by atoms with van der Waals surface area (Å²) in [6, 6.07) is 0. The first-order chi connectivity index (χ1) is 15.9. The number of carbonyl (C=O) groups is 1. The van der Waals surface area contributed by atoms with E-state index in [9.17, 15) is 25.2 Å². The fraction of sp³-hybridized carbons (Fsp3) is 0.966. The molecule has 4 fully saturated rings. The molecule has 0 amide bonds. The first-order valence-electron chi connectivity index (χ1n) is 14.1. The van der Waals surface area contributed by atoms with Gasteiger partial charge in [-0.25, -0.2) is 0 Å². The highest BCUT2D eigenvalue weighted by atomic mass is 16.3. The monoisotopic (exact) mass is 478 g/mol. The van der Waals surface area contributed by atoms with Crippen molar-refractivity contribution in [3.05, 3.63) is 0 Å². The van der Waals surface area contributed by atoms with Crippen LogP contribution in [0.5, 0.6) is 0 Å². The SMILES string of the molecule is CC[C@@H](C(C)C)[C@H](O)[C@@H](O)[C@@H](C)[C@H]1CC[C@H]2[C@@H]3CC(=O)[C@H]4C[C@@H](O)[C@@H](O)C[C@]4(C)[C@H]3CC[C@]12C. The van der Waals surface area contributed by atoms with E-state index < -0.39 is 24.4 Å². The number of aliphatic hydroxyl groups is 4. The van der Waals surface area contributed by atoms with Crippen LogP contribution in [-0.4, -0.2) is 50.6 Å². The van der Waals surface area contributed by atoms with Crippen LogP contribution >= 0.6 is 0 Å². The summed E-state index contributed by atoms with van der Waals surface area (Å²) in [4.78, 5) is 13.4. The van der Waals surface area contributed by atoms with Crippen LogP contribution in [0.3, 0.4) is 0 Å². The van der Waals surface area contributed by atoms with Crippen molar-refractivity contribution >= 4 is 5.78 Å². The van der Waals surface area contributed by atoms with E-state index in [1.165, 1.54) is 0 Å². The van der Waals surface area contributed by atoms with Crippen molar-refractivity contribution in [3.63, 3.8) is 0 Å². The summed E-state index contributed by atoms with van der Waals surface area (Å²) < 4.78 is 0. The molecular formula is C29H50O5. The highest BCUT2D eigenvalue weighted by molar-refractivity contribution is 5.83. The number of Topliss-reactive ketones (excluding diaryl/α,β-unsaturated/α-hetero) is 1. The number of carbonyl (C=O) groups excluding carboxylic acids is 1. The number of aliphatic hydroxyl groups excluding tert-OH is 4. The van der Waals surface area contributed by atoms with Crippen LogP contribution in [0.2, 0.25) is 0 Å². The normalized spacial score (nSPS) is 48.0. The molecule has 4 saturated carbocycles. The Morgan fingerprint density at radius 1 is 0.941 bits per heavy atom. The predicted octanol–water partition coefficient (Wildman–Crippen LogP) is 4.20. The van der Waals surface area contributed by atoms with Crippen LogP contribution in [0.1, 0.15) is 92.9 Å². The fourth-order valence-electron chi connectivity index (χ4n) is 9.89. The second-order valence-corrected chi connectivity index (χ2v) is 13.6. The highest BCUT2D eigenvalue weighted by Gasteiger charge is 2.63. The molecule has 0 aliphatic heterocycles. The Morgan fingerprint density at radius 2 is 1.59 bits per heavy atom. The highest BCUT2D eigenvalue weighted by Crippen LogP contribution is 2.67. The molecule has 0 aromatic rings. The summed E-state index contributed by atoms with van der Waals surface area (Å²) in [7, 11) is 0. The van der Waals surface area contributed by atoms with Gasteiger partial charge in [0, 0.05) is 12.3 Å². The number of hydrogen-bond acceptors (Lipinski definition) is 5. The molecule has 4 aliphatic rings. The molecule has 0 aromatic heterocycles. The third kappa shape index (κ3) is 4.01. The van der Waals surface area contributed by atoms with Gasteiger partial charge in [0.2, 0.25) is 0 Å². The Morgan fingerprint density at radius 3 is 2.21 bits per heavy atom. The minimum atomic E-state index is -0.783. The quantitative estimate of drug-likeness (QED) is 0.459. The lowest BCUT2D eigenvalue weighted by atomic mass is 9.44. The summed E-state index contributed by atoms with van der Waals surface area (Å²) in [5.41, 5.74) is -0.165. The maximum atomic E-state index is 13.4. The lowest BCUT2D eigenvalue weighted by Crippen LogP contribution is -2.59. The van der Waals surface area contributed by atoms with Gasteiger partial charge >= 0.3 is 0 Å². The van der Waals surface area contributed by atoms with Gasteiger partial charge in [-0.2, -0.15) is 0 Å². The average molecular weight is 479 g/mol. The van der Waals surface area contributed by atoms with Crippen molar-refractivity contribution in [1.82, 2.24) is 0 Å². The van der Waals surface area contributed by atoms with E-state index in [1.807, 2.05) is 0 Å². The van der Waals surface area contributed by atoms with E-state index in [1.54, 1.807) is 0 Å². The van der Waals surface area contributed by atoms with Gasteiger partial charge in [-0.3, -0.25) is 4.79 Å². The van der Waals surface area contributed by atoms with Gasteiger partial charge in [0.25, 0.3) is 0 Å². The van der Waals surface area contributed by atoms with Crippen LogP contribution in [0.15, 0.2) is 0 Å². The smallest absolute Gasteiger partial charge is 0.136 e. The van der Waals surface area contributed by atoms with E-state index in [4.69, 9.17) is 0 Å². The van der Waals surface area contributed by atoms with Crippen molar-refractivity contribution in [1.29, 1.82) is 0 Å². The minimum absolute atomic E-state index is 0.0172. The lowest BCUT2D eigenvalue weighted by Gasteiger charge is -2.61. The summed E-state index contributed by atoms with van der Waals surface area (Å²) in [6.45, 7) is 13.1. The van der Waals surface area contributed by atoms with Crippen molar-refractivity contribution < 1.29 is 25.2 Å². The third-order valence-corrected chi connectivity index (χ3v) is 11.8. The molecule has 196 valence electrons. The van der Waals surface area contributed by atoms with Crippen LogP contribution in [0, 0.1) is 58.2 Å².